The summed E-state index contributed by atoms with van der Waals surface area (Å²) in [7, 11) is 0. The van der Waals surface area contributed by atoms with Crippen LogP contribution in [0.3, 0.4) is 0 Å². The lowest BCUT2D eigenvalue weighted by Gasteiger charge is -2.05. The van der Waals surface area contributed by atoms with Crippen molar-refractivity contribution in [3.63, 3.8) is 0 Å². The van der Waals surface area contributed by atoms with Crippen LogP contribution < -0.4 is 5.32 Å². The molecule has 0 unspecified atom stereocenters. The van der Waals surface area contributed by atoms with Crippen LogP contribution in [0.25, 0.3) is 0 Å². The van der Waals surface area contributed by atoms with Crippen LogP contribution in [0.4, 0.5) is 4.39 Å². The third-order valence-corrected chi connectivity index (χ3v) is 3.47. The molecule has 0 amide bonds. The van der Waals surface area contributed by atoms with E-state index in [2.05, 4.69) is 12.2 Å². The van der Waals surface area contributed by atoms with Crippen molar-refractivity contribution in [2.24, 2.45) is 0 Å². The van der Waals surface area contributed by atoms with Gasteiger partial charge >= 0.3 is 0 Å². The Labute approximate surface area is 125 Å². The molecule has 3 heteroatoms. The number of benzene rings is 2. The molecule has 2 aromatic rings. The number of Topliss-reactive ketones (excluding diaryl/α,β-unsaturated/α-hetero) is 1. The second-order valence-corrected chi connectivity index (χ2v) is 5.03. The number of hydrogen-bond donors (Lipinski definition) is 1. The monoisotopic (exact) mass is 285 g/mol. The smallest absolute Gasteiger partial charge is 0.176 e. The highest BCUT2D eigenvalue weighted by Crippen LogP contribution is 2.06. The summed E-state index contributed by atoms with van der Waals surface area (Å²) in [6, 6.07) is 14.2. The van der Waals surface area contributed by atoms with Gasteiger partial charge in [0.15, 0.2) is 5.78 Å². The molecule has 0 saturated heterocycles. The van der Waals surface area contributed by atoms with Crippen LogP contribution in [0.1, 0.15) is 28.4 Å². The predicted octanol–water partition coefficient (Wildman–Crippen LogP) is 3.40. The fourth-order valence-electron chi connectivity index (χ4n) is 2.11. The largest absolute Gasteiger partial charge is 0.309 e. The first-order valence-corrected chi connectivity index (χ1v) is 7.26. The molecule has 2 nitrogen and oxygen atoms in total. The molecule has 0 aliphatic rings. The van der Waals surface area contributed by atoms with E-state index in [1.807, 2.05) is 24.3 Å². The predicted molar refractivity (Wildman–Crippen MR) is 83.1 cm³/mol. The van der Waals surface area contributed by atoms with E-state index >= 15 is 0 Å². The van der Waals surface area contributed by atoms with Gasteiger partial charge in [-0.25, -0.2) is 4.39 Å². The lowest BCUT2D eigenvalue weighted by molar-refractivity contribution is 0.0991. The van der Waals surface area contributed by atoms with Gasteiger partial charge in [-0.2, -0.15) is 0 Å². The average molecular weight is 285 g/mol. The van der Waals surface area contributed by atoms with Gasteiger partial charge in [0.25, 0.3) is 0 Å². The zero-order chi connectivity index (χ0) is 15.1. The molecule has 21 heavy (non-hydrogen) atoms. The van der Waals surface area contributed by atoms with Gasteiger partial charge in [0, 0.05) is 5.56 Å². The van der Waals surface area contributed by atoms with Gasteiger partial charge in [-0.1, -0.05) is 43.3 Å². The van der Waals surface area contributed by atoms with Crippen LogP contribution in [0.2, 0.25) is 0 Å². The molecule has 0 saturated carbocycles. The summed E-state index contributed by atoms with van der Waals surface area (Å²) in [5.41, 5.74) is 3.03. The van der Waals surface area contributed by atoms with Crippen LogP contribution in [0, 0.1) is 5.82 Å². The zero-order valence-electron chi connectivity index (χ0n) is 12.2. The fourth-order valence-corrected chi connectivity index (χ4v) is 2.11. The highest BCUT2D eigenvalue weighted by molar-refractivity contribution is 5.97. The second-order valence-electron chi connectivity index (χ2n) is 5.03. The molecule has 0 aliphatic carbocycles. The van der Waals surface area contributed by atoms with Gasteiger partial charge in [-0.3, -0.25) is 4.79 Å². The Kier molecular flexibility index (Phi) is 5.64. The third-order valence-electron chi connectivity index (χ3n) is 3.47. The number of ketones is 1. The number of halogens is 1. The molecule has 0 atom stereocenters. The van der Waals surface area contributed by atoms with Crippen LogP contribution in [-0.2, 0) is 12.8 Å². The number of hydrogen-bond acceptors (Lipinski definition) is 2. The first-order valence-electron chi connectivity index (χ1n) is 7.26. The Balaban J connectivity index is 1.74. The maximum Gasteiger partial charge on any atom is 0.176 e. The van der Waals surface area contributed by atoms with Gasteiger partial charge in [0.1, 0.15) is 5.82 Å². The van der Waals surface area contributed by atoms with Crippen molar-refractivity contribution >= 4 is 5.78 Å². The Hall–Kier alpha value is -2.00. The highest BCUT2D eigenvalue weighted by atomic mass is 19.1. The number of carbonyl (C=O) groups is 1. The van der Waals surface area contributed by atoms with E-state index in [4.69, 9.17) is 0 Å². The molecule has 0 bridgehead atoms. The normalized spacial score (nSPS) is 10.6. The van der Waals surface area contributed by atoms with Crippen LogP contribution in [0.5, 0.6) is 0 Å². The minimum absolute atomic E-state index is 0.0942. The van der Waals surface area contributed by atoms with Crippen LogP contribution >= 0.6 is 0 Å². The van der Waals surface area contributed by atoms with Crippen molar-refractivity contribution < 1.29 is 9.18 Å². The number of carbonyl (C=O) groups excluding carboxylic acids is 1. The van der Waals surface area contributed by atoms with E-state index in [-0.39, 0.29) is 11.6 Å². The quantitative estimate of drug-likeness (QED) is 0.624. The molecule has 0 fully saturated rings. The molecule has 0 radical (unpaired) electrons. The van der Waals surface area contributed by atoms with E-state index in [1.54, 1.807) is 12.1 Å². The van der Waals surface area contributed by atoms with Gasteiger partial charge in [-0.05, 0) is 42.6 Å². The Morgan fingerprint density at radius 1 is 1.00 bits per heavy atom. The Morgan fingerprint density at radius 2 is 1.62 bits per heavy atom. The van der Waals surface area contributed by atoms with Gasteiger partial charge in [0.05, 0.1) is 6.54 Å². The average Bonchev–Trinajstić information content (AvgIpc) is 2.53. The molecule has 0 spiro atoms. The zero-order valence-corrected chi connectivity index (χ0v) is 12.2. The minimum Gasteiger partial charge on any atom is -0.309 e. The fraction of sp³-hybridized carbons (Fsp3) is 0.278. The molecular weight excluding hydrogens is 265 g/mol. The SMILES string of the molecule is CCc1ccc(C(=O)CNCCc2ccc(F)cc2)cc1. The van der Waals surface area contributed by atoms with E-state index in [1.165, 1.54) is 17.7 Å². The summed E-state index contributed by atoms with van der Waals surface area (Å²) in [4.78, 5) is 12.0. The lowest BCUT2D eigenvalue weighted by Crippen LogP contribution is -2.25. The first-order chi connectivity index (χ1) is 10.2. The van der Waals surface area contributed by atoms with Crippen molar-refractivity contribution in [1.82, 2.24) is 5.32 Å². The third kappa shape index (κ3) is 4.80. The summed E-state index contributed by atoms with van der Waals surface area (Å²) >= 11 is 0. The molecule has 1 N–H and O–H groups in total. The molecular formula is C18H20FNO. The van der Waals surface area contributed by atoms with E-state index in [9.17, 15) is 9.18 Å². The maximum absolute atomic E-state index is 12.8. The van der Waals surface area contributed by atoms with Gasteiger partial charge < -0.3 is 5.32 Å². The van der Waals surface area contributed by atoms with E-state index < -0.39 is 0 Å². The maximum atomic E-state index is 12.8. The van der Waals surface area contributed by atoms with E-state index in [0.717, 1.165) is 24.0 Å². The van der Waals surface area contributed by atoms with Gasteiger partial charge in [0.2, 0.25) is 0 Å². The molecule has 2 aromatic carbocycles. The molecule has 110 valence electrons. The van der Waals surface area contributed by atoms with Crippen molar-refractivity contribution in [3.05, 3.63) is 71.0 Å². The number of nitrogens with one attached hydrogen (secondary N) is 1. The van der Waals surface area contributed by atoms with E-state index in [0.29, 0.717) is 13.1 Å². The minimum atomic E-state index is -0.225. The first kappa shape index (κ1) is 15.4. The molecule has 0 aromatic heterocycles. The van der Waals surface area contributed by atoms with Crippen LogP contribution in [0.15, 0.2) is 48.5 Å². The van der Waals surface area contributed by atoms with Crippen molar-refractivity contribution in [2.45, 2.75) is 19.8 Å². The Morgan fingerprint density at radius 3 is 2.24 bits per heavy atom. The summed E-state index contributed by atoms with van der Waals surface area (Å²) in [5, 5.41) is 3.13. The Bertz CT molecular complexity index is 575. The van der Waals surface area contributed by atoms with Gasteiger partial charge in [-0.15, -0.1) is 0 Å². The summed E-state index contributed by atoms with van der Waals surface area (Å²) in [5.74, 6) is -0.130. The summed E-state index contributed by atoms with van der Waals surface area (Å²) in [6.45, 7) is 3.12. The second kappa shape index (κ2) is 7.70. The van der Waals surface area contributed by atoms with Crippen LogP contribution in [-0.4, -0.2) is 18.9 Å². The molecule has 0 heterocycles. The summed E-state index contributed by atoms with van der Waals surface area (Å²) in [6.07, 6.45) is 1.76. The van der Waals surface area contributed by atoms with Crippen molar-refractivity contribution in [2.75, 3.05) is 13.1 Å². The topological polar surface area (TPSA) is 29.1 Å². The number of rotatable bonds is 7. The number of aryl methyl sites for hydroxylation is 1. The van der Waals surface area contributed by atoms with Crippen molar-refractivity contribution in [1.29, 1.82) is 0 Å². The standard InChI is InChI=1S/C18H20FNO/c1-2-14-3-7-16(8-4-14)18(21)13-20-12-11-15-5-9-17(19)10-6-15/h3-10,20H,2,11-13H2,1H3. The highest BCUT2D eigenvalue weighted by Gasteiger charge is 2.04. The summed E-state index contributed by atoms with van der Waals surface area (Å²) < 4.78 is 12.8. The molecule has 0 aliphatic heterocycles. The van der Waals surface area contributed by atoms with Crippen molar-refractivity contribution in [3.8, 4) is 0 Å². The molecule has 2 rings (SSSR count). The lowest BCUT2D eigenvalue weighted by atomic mass is 10.1.